The fourth-order valence-electron chi connectivity index (χ4n) is 1.25. The second-order valence-electron chi connectivity index (χ2n) is 3.15. The van der Waals surface area contributed by atoms with Gasteiger partial charge in [-0.2, -0.15) is 5.10 Å². The number of hydrogen-bond donors (Lipinski definition) is 2. The van der Waals surface area contributed by atoms with Crippen molar-refractivity contribution in [3.05, 3.63) is 35.9 Å². The predicted molar refractivity (Wildman–Crippen MR) is 67.8 cm³/mol. The molecule has 0 saturated heterocycles. The van der Waals surface area contributed by atoms with Crippen LogP contribution in [0.15, 0.2) is 35.4 Å². The molecular formula is C11H15N3S. The summed E-state index contributed by atoms with van der Waals surface area (Å²) in [5, 5.41) is 4.38. The zero-order chi connectivity index (χ0) is 11.1. The Morgan fingerprint density at radius 3 is 2.60 bits per heavy atom. The highest BCUT2D eigenvalue weighted by Crippen LogP contribution is 2.05. The summed E-state index contributed by atoms with van der Waals surface area (Å²) in [6.07, 6.45) is 1.94. The van der Waals surface area contributed by atoms with Crippen LogP contribution in [0.25, 0.3) is 0 Å². The van der Waals surface area contributed by atoms with Crippen molar-refractivity contribution < 1.29 is 0 Å². The molecule has 0 saturated carbocycles. The second-order valence-corrected chi connectivity index (χ2v) is 3.59. The maximum absolute atomic E-state index is 5.33. The molecule has 0 aliphatic rings. The van der Waals surface area contributed by atoms with Gasteiger partial charge in [-0.05, 0) is 24.2 Å². The van der Waals surface area contributed by atoms with E-state index in [1.165, 1.54) is 0 Å². The van der Waals surface area contributed by atoms with E-state index in [-0.39, 0.29) is 5.11 Å². The van der Waals surface area contributed by atoms with E-state index in [1.54, 1.807) is 0 Å². The molecule has 0 bridgehead atoms. The summed E-state index contributed by atoms with van der Waals surface area (Å²) in [7, 11) is 0. The van der Waals surface area contributed by atoms with E-state index < -0.39 is 0 Å². The Morgan fingerprint density at radius 2 is 2.07 bits per heavy atom. The molecule has 0 heterocycles. The van der Waals surface area contributed by atoms with Crippen molar-refractivity contribution in [2.75, 3.05) is 0 Å². The highest BCUT2D eigenvalue weighted by molar-refractivity contribution is 7.80. The fourth-order valence-corrected chi connectivity index (χ4v) is 1.30. The van der Waals surface area contributed by atoms with Gasteiger partial charge in [0.25, 0.3) is 0 Å². The van der Waals surface area contributed by atoms with Gasteiger partial charge in [0.05, 0.1) is 5.71 Å². The molecule has 0 radical (unpaired) electrons. The van der Waals surface area contributed by atoms with Crippen molar-refractivity contribution >= 4 is 23.0 Å². The average molecular weight is 221 g/mol. The number of rotatable bonds is 4. The average Bonchev–Trinajstić information content (AvgIpc) is 2.25. The van der Waals surface area contributed by atoms with Gasteiger partial charge < -0.3 is 5.73 Å². The van der Waals surface area contributed by atoms with E-state index in [0.29, 0.717) is 0 Å². The van der Waals surface area contributed by atoms with Gasteiger partial charge in [0, 0.05) is 0 Å². The first-order valence-corrected chi connectivity index (χ1v) is 5.32. The molecule has 1 rings (SSSR count). The van der Waals surface area contributed by atoms with Crippen molar-refractivity contribution in [1.29, 1.82) is 0 Å². The summed E-state index contributed by atoms with van der Waals surface area (Å²) in [6.45, 7) is 2.11. The highest BCUT2D eigenvalue weighted by Gasteiger charge is 2.01. The largest absolute Gasteiger partial charge is 0.375 e. The van der Waals surface area contributed by atoms with Crippen molar-refractivity contribution in [3.8, 4) is 0 Å². The van der Waals surface area contributed by atoms with Gasteiger partial charge in [-0.1, -0.05) is 43.7 Å². The number of nitrogens with two attached hydrogens (primary N) is 1. The molecule has 0 unspecified atom stereocenters. The lowest BCUT2D eigenvalue weighted by atomic mass is 10.1. The Balaban J connectivity index is 2.83. The maximum atomic E-state index is 5.33. The van der Waals surface area contributed by atoms with Gasteiger partial charge in [0.2, 0.25) is 0 Å². The maximum Gasteiger partial charge on any atom is 0.184 e. The summed E-state index contributed by atoms with van der Waals surface area (Å²) in [5.74, 6) is 0. The van der Waals surface area contributed by atoms with Crippen LogP contribution >= 0.6 is 12.2 Å². The number of benzene rings is 1. The molecule has 3 nitrogen and oxygen atoms in total. The van der Waals surface area contributed by atoms with Gasteiger partial charge in [0.1, 0.15) is 0 Å². The number of nitrogens with zero attached hydrogens (tertiary/aromatic N) is 1. The monoisotopic (exact) mass is 221 g/mol. The number of hydrazone groups is 1. The van der Waals surface area contributed by atoms with Crippen LogP contribution in [0.5, 0.6) is 0 Å². The number of nitrogens with one attached hydrogen (secondary N) is 1. The molecule has 0 aromatic heterocycles. The zero-order valence-electron chi connectivity index (χ0n) is 8.73. The van der Waals surface area contributed by atoms with E-state index >= 15 is 0 Å². The SMILES string of the molecule is CCC/C(=N\NC(N)=S)c1ccccc1. The third kappa shape index (κ3) is 4.08. The molecule has 0 spiro atoms. The normalized spacial score (nSPS) is 11.1. The fraction of sp³-hybridized carbons (Fsp3) is 0.273. The Kier molecular flexibility index (Phi) is 4.77. The van der Waals surface area contributed by atoms with Gasteiger partial charge in [-0.25, -0.2) is 0 Å². The van der Waals surface area contributed by atoms with Gasteiger partial charge in [-0.3, -0.25) is 5.43 Å². The predicted octanol–water partition coefficient (Wildman–Crippen LogP) is 2.02. The van der Waals surface area contributed by atoms with Crippen molar-refractivity contribution in [1.82, 2.24) is 5.43 Å². The number of thiocarbonyl (C=S) groups is 1. The Bertz CT molecular complexity index is 346. The van der Waals surface area contributed by atoms with Crippen LogP contribution in [-0.4, -0.2) is 10.8 Å². The first-order chi connectivity index (χ1) is 7.24. The highest BCUT2D eigenvalue weighted by atomic mass is 32.1. The van der Waals surface area contributed by atoms with Crippen molar-refractivity contribution in [2.45, 2.75) is 19.8 Å². The summed E-state index contributed by atoms with van der Waals surface area (Å²) >= 11 is 4.71. The van der Waals surface area contributed by atoms with E-state index in [2.05, 4.69) is 17.5 Å². The third-order valence-corrected chi connectivity index (χ3v) is 1.99. The quantitative estimate of drug-likeness (QED) is 0.464. The Morgan fingerprint density at radius 1 is 1.40 bits per heavy atom. The Hall–Kier alpha value is -1.42. The lowest BCUT2D eigenvalue weighted by Gasteiger charge is -2.05. The van der Waals surface area contributed by atoms with Gasteiger partial charge in [-0.15, -0.1) is 0 Å². The van der Waals surface area contributed by atoms with Gasteiger partial charge in [0.15, 0.2) is 5.11 Å². The number of hydrogen-bond acceptors (Lipinski definition) is 2. The van der Waals surface area contributed by atoms with Crippen LogP contribution in [0.1, 0.15) is 25.3 Å². The summed E-state index contributed by atoms with van der Waals surface area (Å²) in [5.41, 5.74) is 10.0. The van der Waals surface area contributed by atoms with Crippen LogP contribution in [-0.2, 0) is 0 Å². The van der Waals surface area contributed by atoms with E-state index in [9.17, 15) is 0 Å². The smallest absolute Gasteiger partial charge is 0.184 e. The first-order valence-electron chi connectivity index (χ1n) is 4.91. The van der Waals surface area contributed by atoms with Crippen LogP contribution in [0.2, 0.25) is 0 Å². The molecule has 0 aliphatic heterocycles. The topological polar surface area (TPSA) is 50.4 Å². The van der Waals surface area contributed by atoms with Crippen LogP contribution in [0.3, 0.4) is 0 Å². The summed E-state index contributed by atoms with van der Waals surface area (Å²) in [4.78, 5) is 0. The molecule has 1 aromatic rings. The molecular weight excluding hydrogens is 206 g/mol. The standard InChI is InChI=1S/C11H15N3S/c1-2-6-10(13-14-11(12)15)9-7-4-3-5-8-9/h3-5,7-8H,2,6H2,1H3,(H3,12,14,15)/b13-10+. The van der Waals surface area contributed by atoms with E-state index in [0.717, 1.165) is 24.1 Å². The van der Waals surface area contributed by atoms with E-state index in [1.807, 2.05) is 30.3 Å². The second kappa shape index (κ2) is 6.14. The molecule has 4 heteroatoms. The lowest BCUT2D eigenvalue weighted by Crippen LogP contribution is -2.25. The minimum atomic E-state index is 0.194. The summed E-state index contributed by atoms with van der Waals surface area (Å²) < 4.78 is 0. The van der Waals surface area contributed by atoms with Gasteiger partial charge >= 0.3 is 0 Å². The minimum Gasteiger partial charge on any atom is -0.375 e. The first kappa shape index (κ1) is 11.7. The molecule has 0 aliphatic carbocycles. The van der Waals surface area contributed by atoms with Crippen LogP contribution < -0.4 is 11.2 Å². The Labute approximate surface area is 95.4 Å². The molecule has 0 atom stereocenters. The van der Waals surface area contributed by atoms with Crippen molar-refractivity contribution in [3.63, 3.8) is 0 Å². The summed E-state index contributed by atoms with van der Waals surface area (Å²) in [6, 6.07) is 10.0. The molecule has 15 heavy (non-hydrogen) atoms. The molecule has 80 valence electrons. The molecule has 1 aromatic carbocycles. The van der Waals surface area contributed by atoms with E-state index in [4.69, 9.17) is 18.0 Å². The third-order valence-electron chi connectivity index (χ3n) is 1.89. The zero-order valence-corrected chi connectivity index (χ0v) is 9.55. The van der Waals surface area contributed by atoms with Crippen LogP contribution in [0, 0.1) is 0 Å². The van der Waals surface area contributed by atoms with Crippen molar-refractivity contribution in [2.24, 2.45) is 10.8 Å². The molecule has 0 amide bonds. The van der Waals surface area contributed by atoms with Crippen LogP contribution in [0.4, 0.5) is 0 Å². The molecule has 0 fully saturated rings. The lowest BCUT2D eigenvalue weighted by molar-refractivity contribution is 0.951. The molecule has 3 N–H and O–H groups in total. The minimum absolute atomic E-state index is 0.194.